The Hall–Kier alpha value is -1.79. The molecule has 25 heavy (non-hydrogen) atoms. The van der Waals surface area contributed by atoms with Gasteiger partial charge in [0.1, 0.15) is 6.54 Å². The molecule has 2 fully saturated rings. The molecule has 1 aromatic rings. The molecule has 0 aliphatic carbocycles. The smallest absolute Gasteiger partial charge is 0.294 e. The number of carbonyl (C=O) groups excluding carboxylic acids is 3. The molecule has 2 aliphatic rings. The van der Waals surface area contributed by atoms with Gasteiger partial charge >= 0.3 is 0 Å². The number of hydrogen-bond acceptors (Lipinski definition) is 4. The van der Waals surface area contributed by atoms with Crippen LogP contribution in [0.2, 0.25) is 5.02 Å². The standard InChI is InChI=1S/C18H19ClN2O3S/c19-14-7-5-13(6-8-14)11-15-17(23)21(18(24)25-15)12-16(22)20-9-3-1-2-4-10-20/h5-8,11H,1-4,9-10,12H2/b15-11-. The molecule has 3 rings (SSSR count). The van der Waals surface area contributed by atoms with Crippen LogP contribution in [0, 0.1) is 0 Å². The van der Waals surface area contributed by atoms with E-state index in [0.29, 0.717) is 23.0 Å². The number of imide groups is 1. The Kier molecular flexibility index (Phi) is 5.81. The Morgan fingerprint density at radius 2 is 1.72 bits per heavy atom. The Morgan fingerprint density at radius 1 is 1.08 bits per heavy atom. The molecule has 0 N–H and O–H groups in total. The maximum atomic E-state index is 12.5. The molecule has 0 spiro atoms. The van der Waals surface area contributed by atoms with E-state index < -0.39 is 11.1 Å². The van der Waals surface area contributed by atoms with Crippen molar-refractivity contribution in [2.24, 2.45) is 0 Å². The second-order valence-corrected chi connectivity index (χ2v) is 7.54. The Bertz CT molecular complexity index is 710. The highest BCUT2D eigenvalue weighted by molar-refractivity contribution is 8.18. The lowest BCUT2D eigenvalue weighted by atomic mass is 10.2. The number of hydrogen-bond donors (Lipinski definition) is 0. The van der Waals surface area contributed by atoms with Gasteiger partial charge in [-0.1, -0.05) is 36.6 Å². The van der Waals surface area contributed by atoms with Crippen LogP contribution < -0.4 is 0 Å². The van der Waals surface area contributed by atoms with E-state index in [-0.39, 0.29) is 12.5 Å². The predicted molar refractivity (Wildman–Crippen MR) is 99.2 cm³/mol. The molecule has 0 unspecified atom stereocenters. The van der Waals surface area contributed by atoms with Gasteiger partial charge < -0.3 is 4.90 Å². The predicted octanol–water partition coefficient (Wildman–Crippen LogP) is 3.78. The normalized spacial score (nSPS) is 20.3. The molecular formula is C18H19ClN2O3S. The summed E-state index contributed by atoms with van der Waals surface area (Å²) in [6, 6.07) is 7.00. The fourth-order valence-corrected chi connectivity index (χ4v) is 3.87. The fraction of sp³-hybridized carbons (Fsp3) is 0.389. The van der Waals surface area contributed by atoms with Gasteiger partial charge in [0.05, 0.1) is 4.91 Å². The minimum Gasteiger partial charge on any atom is -0.341 e. The molecular weight excluding hydrogens is 360 g/mol. The largest absolute Gasteiger partial charge is 0.341 e. The third-order valence-electron chi connectivity index (χ3n) is 4.29. The summed E-state index contributed by atoms with van der Waals surface area (Å²) in [5, 5.41) is 0.210. The van der Waals surface area contributed by atoms with Crippen molar-refractivity contribution in [1.29, 1.82) is 0 Å². The van der Waals surface area contributed by atoms with Gasteiger partial charge in [-0.3, -0.25) is 19.3 Å². The van der Waals surface area contributed by atoms with E-state index in [1.165, 1.54) is 0 Å². The third-order valence-corrected chi connectivity index (χ3v) is 5.45. The summed E-state index contributed by atoms with van der Waals surface area (Å²) in [5.41, 5.74) is 0.786. The van der Waals surface area contributed by atoms with Crippen molar-refractivity contribution in [2.75, 3.05) is 19.6 Å². The van der Waals surface area contributed by atoms with Crippen LogP contribution in [0.3, 0.4) is 0 Å². The molecule has 3 amide bonds. The van der Waals surface area contributed by atoms with Crippen LogP contribution in [0.4, 0.5) is 4.79 Å². The quantitative estimate of drug-likeness (QED) is 0.751. The zero-order valence-corrected chi connectivity index (χ0v) is 15.3. The second-order valence-electron chi connectivity index (χ2n) is 6.11. The number of carbonyl (C=O) groups is 3. The average molecular weight is 379 g/mol. The minimum atomic E-state index is -0.409. The van der Waals surface area contributed by atoms with Crippen molar-refractivity contribution in [1.82, 2.24) is 9.80 Å². The Balaban J connectivity index is 1.68. The monoisotopic (exact) mass is 378 g/mol. The van der Waals surface area contributed by atoms with E-state index in [2.05, 4.69) is 0 Å². The molecule has 7 heteroatoms. The molecule has 0 saturated carbocycles. The molecule has 0 bridgehead atoms. The van der Waals surface area contributed by atoms with Gasteiger partial charge in [-0.15, -0.1) is 0 Å². The number of thioether (sulfide) groups is 1. The third kappa shape index (κ3) is 4.44. The first-order valence-corrected chi connectivity index (χ1v) is 9.53. The zero-order chi connectivity index (χ0) is 17.8. The number of nitrogens with zero attached hydrogens (tertiary/aromatic N) is 2. The maximum absolute atomic E-state index is 12.5. The Morgan fingerprint density at radius 3 is 2.36 bits per heavy atom. The summed E-state index contributed by atoms with van der Waals surface area (Å²) < 4.78 is 0. The van der Waals surface area contributed by atoms with Gasteiger partial charge in [-0.2, -0.15) is 0 Å². The summed E-state index contributed by atoms with van der Waals surface area (Å²) >= 11 is 6.72. The van der Waals surface area contributed by atoms with Crippen molar-refractivity contribution in [3.05, 3.63) is 39.8 Å². The molecule has 0 atom stereocenters. The first kappa shape index (κ1) is 18.0. The van der Waals surface area contributed by atoms with Crippen LogP contribution >= 0.6 is 23.4 Å². The molecule has 0 aromatic heterocycles. The lowest BCUT2D eigenvalue weighted by Gasteiger charge is -2.22. The fourth-order valence-electron chi connectivity index (χ4n) is 2.90. The summed E-state index contributed by atoms with van der Waals surface area (Å²) in [7, 11) is 0. The zero-order valence-electron chi connectivity index (χ0n) is 13.7. The highest BCUT2D eigenvalue weighted by Crippen LogP contribution is 2.32. The van der Waals surface area contributed by atoms with Crippen LogP contribution in [0.5, 0.6) is 0 Å². The molecule has 132 valence electrons. The molecule has 5 nitrogen and oxygen atoms in total. The average Bonchev–Trinajstić information content (AvgIpc) is 2.80. The van der Waals surface area contributed by atoms with E-state index in [1.807, 2.05) is 0 Å². The maximum Gasteiger partial charge on any atom is 0.294 e. The van der Waals surface area contributed by atoms with Crippen molar-refractivity contribution < 1.29 is 14.4 Å². The molecule has 0 radical (unpaired) electrons. The number of rotatable bonds is 3. The number of benzene rings is 1. The number of halogens is 1. The lowest BCUT2D eigenvalue weighted by molar-refractivity contribution is -0.135. The van der Waals surface area contributed by atoms with Crippen molar-refractivity contribution in [2.45, 2.75) is 25.7 Å². The lowest BCUT2D eigenvalue weighted by Crippen LogP contribution is -2.42. The number of amides is 3. The molecule has 1 aromatic carbocycles. The summed E-state index contributed by atoms with van der Waals surface area (Å²) in [6.07, 6.45) is 5.84. The van der Waals surface area contributed by atoms with Crippen LogP contribution in [-0.4, -0.2) is 46.5 Å². The topological polar surface area (TPSA) is 57.7 Å². The van der Waals surface area contributed by atoms with Gasteiger partial charge in [0.15, 0.2) is 0 Å². The second kappa shape index (κ2) is 8.06. The highest BCUT2D eigenvalue weighted by atomic mass is 35.5. The van der Waals surface area contributed by atoms with E-state index in [4.69, 9.17) is 11.6 Å². The van der Waals surface area contributed by atoms with E-state index in [9.17, 15) is 14.4 Å². The van der Waals surface area contributed by atoms with Gasteiger partial charge in [-0.05, 0) is 48.4 Å². The van der Waals surface area contributed by atoms with E-state index >= 15 is 0 Å². The SMILES string of the molecule is O=C(CN1C(=O)S/C(=C\c2ccc(Cl)cc2)C1=O)N1CCCCCC1. The number of likely N-dealkylation sites (tertiary alicyclic amines) is 1. The van der Waals surface area contributed by atoms with Gasteiger partial charge in [0.2, 0.25) is 5.91 Å². The van der Waals surface area contributed by atoms with Crippen LogP contribution in [-0.2, 0) is 9.59 Å². The van der Waals surface area contributed by atoms with Crippen molar-refractivity contribution in [3.8, 4) is 0 Å². The van der Waals surface area contributed by atoms with Gasteiger partial charge in [0, 0.05) is 18.1 Å². The molecule has 2 saturated heterocycles. The van der Waals surface area contributed by atoms with Gasteiger partial charge in [-0.25, -0.2) is 0 Å². The van der Waals surface area contributed by atoms with Crippen LogP contribution in [0.1, 0.15) is 31.2 Å². The van der Waals surface area contributed by atoms with Crippen molar-refractivity contribution >= 4 is 46.5 Å². The minimum absolute atomic E-state index is 0.156. The molecule has 2 aliphatic heterocycles. The van der Waals surface area contributed by atoms with E-state index in [0.717, 1.165) is 47.9 Å². The first-order valence-electron chi connectivity index (χ1n) is 8.33. The Labute approximate surface area is 156 Å². The van der Waals surface area contributed by atoms with E-state index in [1.54, 1.807) is 35.2 Å². The summed E-state index contributed by atoms with van der Waals surface area (Å²) in [4.78, 5) is 40.2. The summed E-state index contributed by atoms with van der Waals surface area (Å²) in [6.45, 7) is 1.23. The van der Waals surface area contributed by atoms with Gasteiger partial charge in [0.25, 0.3) is 11.1 Å². The molecule has 2 heterocycles. The first-order chi connectivity index (χ1) is 12.0. The van der Waals surface area contributed by atoms with Crippen molar-refractivity contribution in [3.63, 3.8) is 0 Å². The summed E-state index contributed by atoms with van der Waals surface area (Å²) in [5.74, 6) is -0.565. The highest BCUT2D eigenvalue weighted by Gasteiger charge is 2.37. The van der Waals surface area contributed by atoms with Crippen LogP contribution in [0.25, 0.3) is 6.08 Å². The van der Waals surface area contributed by atoms with Crippen LogP contribution in [0.15, 0.2) is 29.2 Å².